The van der Waals surface area contributed by atoms with Crippen LogP contribution in [0.3, 0.4) is 0 Å². The highest BCUT2D eigenvalue weighted by Crippen LogP contribution is 1.94. The molecule has 0 bridgehead atoms. The number of carbonyl (C=O) groups excluding carboxylic acids is 1. The molecule has 1 unspecified atom stereocenters. The predicted octanol–water partition coefficient (Wildman–Crippen LogP) is -0.767. The van der Waals surface area contributed by atoms with E-state index in [0.29, 0.717) is 6.29 Å². The van der Waals surface area contributed by atoms with Crippen molar-refractivity contribution in [1.29, 1.82) is 0 Å². The predicted molar refractivity (Wildman–Crippen MR) is 30.8 cm³/mol. The molecular weight excluding hydrogens is 122 g/mol. The van der Waals surface area contributed by atoms with Crippen LogP contribution in [0.1, 0.15) is 6.92 Å². The van der Waals surface area contributed by atoms with Crippen molar-refractivity contribution >= 4 is 12.3 Å². The van der Waals surface area contributed by atoms with Gasteiger partial charge < -0.3 is 15.6 Å². The molecule has 0 fully saturated rings. The van der Waals surface area contributed by atoms with Gasteiger partial charge in [0, 0.05) is 5.92 Å². The minimum Gasteiger partial charge on any atom is -0.480 e. The summed E-state index contributed by atoms with van der Waals surface area (Å²) in [6.07, 6.45) is 0.527. The maximum absolute atomic E-state index is 10.0. The highest BCUT2D eigenvalue weighted by atomic mass is 16.4. The number of hydrogen-bond acceptors (Lipinski definition) is 3. The lowest BCUT2D eigenvalue weighted by Gasteiger charge is -2.06. The molecule has 0 saturated heterocycles. The van der Waals surface area contributed by atoms with Crippen molar-refractivity contribution in [1.82, 2.24) is 0 Å². The monoisotopic (exact) mass is 131 g/mol. The molecule has 0 heterocycles. The van der Waals surface area contributed by atoms with Crippen molar-refractivity contribution in [2.24, 2.45) is 11.7 Å². The zero-order valence-corrected chi connectivity index (χ0v) is 5.07. The van der Waals surface area contributed by atoms with Gasteiger partial charge in [-0.3, -0.25) is 4.79 Å². The van der Waals surface area contributed by atoms with E-state index >= 15 is 0 Å². The molecule has 0 amide bonds. The van der Waals surface area contributed by atoms with Crippen molar-refractivity contribution in [3.63, 3.8) is 0 Å². The van der Waals surface area contributed by atoms with Gasteiger partial charge in [0.2, 0.25) is 0 Å². The zero-order chi connectivity index (χ0) is 7.44. The molecule has 0 spiro atoms. The number of aldehydes is 1. The summed E-state index contributed by atoms with van der Waals surface area (Å²) in [5.74, 6) is -1.75. The van der Waals surface area contributed by atoms with Crippen LogP contribution in [0, 0.1) is 5.92 Å². The van der Waals surface area contributed by atoms with E-state index in [1.165, 1.54) is 6.92 Å². The van der Waals surface area contributed by atoms with Crippen LogP contribution in [0.2, 0.25) is 0 Å². The SMILES string of the molecule is CC(C=O)[C@H](N)C(=O)O. The first-order valence-electron chi connectivity index (χ1n) is 2.53. The van der Waals surface area contributed by atoms with Gasteiger partial charge >= 0.3 is 5.97 Å². The number of carboxylic acid groups (broad SMARTS) is 1. The fourth-order valence-corrected chi connectivity index (χ4v) is 0.310. The average Bonchev–Trinajstić information content (AvgIpc) is 1.84. The molecule has 0 radical (unpaired) electrons. The van der Waals surface area contributed by atoms with E-state index in [9.17, 15) is 9.59 Å². The molecule has 0 aliphatic rings. The van der Waals surface area contributed by atoms with Gasteiger partial charge in [0.05, 0.1) is 0 Å². The molecule has 0 aromatic carbocycles. The standard InChI is InChI=1S/C5H9NO3/c1-3(2-7)4(6)5(8)9/h2-4H,6H2,1H3,(H,8,9)/t3?,4-/m0/s1. The minimum absolute atomic E-state index is 0.527. The molecule has 0 aliphatic carbocycles. The Labute approximate surface area is 52.7 Å². The molecule has 0 aliphatic heterocycles. The van der Waals surface area contributed by atoms with Crippen LogP contribution < -0.4 is 5.73 Å². The first kappa shape index (κ1) is 8.10. The number of carbonyl (C=O) groups is 2. The Kier molecular flexibility index (Phi) is 2.87. The lowest BCUT2D eigenvalue weighted by molar-refractivity contribution is -0.140. The first-order valence-corrected chi connectivity index (χ1v) is 2.53. The van der Waals surface area contributed by atoms with Crippen LogP contribution in [0.4, 0.5) is 0 Å². The smallest absolute Gasteiger partial charge is 0.321 e. The maximum Gasteiger partial charge on any atom is 0.321 e. The highest BCUT2D eigenvalue weighted by molar-refractivity contribution is 5.77. The van der Waals surface area contributed by atoms with Gasteiger partial charge in [0.25, 0.3) is 0 Å². The second-order valence-electron chi connectivity index (χ2n) is 1.86. The Hall–Kier alpha value is -0.900. The number of nitrogens with two attached hydrogens (primary N) is 1. The Bertz CT molecular complexity index is 123. The summed E-state index contributed by atoms with van der Waals surface area (Å²) in [7, 11) is 0. The third-order valence-corrected chi connectivity index (χ3v) is 1.07. The van der Waals surface area contributed by atoms with Gasteiger partial charge in [-0.2, -0.15) is 0 Å². The molecule has 52 valence electrons. The van der Waals surface area contributed by atoms with E-state index in [0.717, 1.165) is 0 Å². The number of carboxylic acids is 1. The van der Waals surface area contributed by atoms with Crippen LogP contribution in [0.25, 0.3) is 0 Å². The van der Waals surface area contributed by atoms with E-state index in [2.05, 4.69) is 0 Å². The quantitative estimate of drug-likeness (QED) is 0.493. The molecule has 9 heavy (non-hydrogen) atoms. The van der Waals surface area contributed by atoms with Gasteiger partial charge in [0.1, 0.15) is 12.3 Å². The Morgan fingerprint density at radius 3 is 2.33 bits per heavy atom. The minimum atomic E-state index is -1.14. The molecule has 0 aromatic heterocycles. The lowest BCUT2D eigenvalue weighted by atomic mass is 10.1. The number of hydrogen-bond donors (Lipinski definition) is 2. The largest absolute Gasteiger partial charge is 0.480 e. The molecule has 4 nitrogen and oxygen atoms in total. The molecular formula is C5H9NO3. The summed E-state index contributed by atoms with van der Waals surface area (Å²) in [5.41, 5.74) is 5.04. The fraction of sp³-hybridized carbons (Fsp3) is 0.600. The van der Waals surface area contributed by atoms with E-state index in [1.807, 2.05) is 0 Å². The van der Waals surface area contributed by atoms with Crippen molar-refractivity contribution in [3.8, 4) is 0 Å². The summed E-state index contributed by atoms with van der Waals surface area (Å²) in [6.45, 7) is 1.46. The van der Waals surface area contributed by atoms with Gasteiger partial charge in [-0.1, -0.05) is 6.92 Å². The molecule has 3 N–H and O–H groups in total. The topological polar surface area (TPSA) is 80.4 Å². The van der Waals surface area contributed by atoms with Crippen LogP contribution >= 0.6 is 0 Å². The molecule has 0 saturated carbocycles. The molecule has 0 aromatic rings. The Morgan fingerprint density at radius 2 is 2.22 bits per heavy atom. The molecule has 4 heteroatoms. The van der Waals surface area contributed by atoms with Gasteiger partial charge in [-0.15, -0.1) is 0 Å². The van der Waals surface area contributed by atoms with Crippen molar-refractivity contribution in [3.05, 3.63) is 0 Å². The number of rotatable bonds is 3. The van der Waals surface area contributed by atoms with Crippen molar-refractivity contribution < 1.29 is 14.7 Å². The van der Waals surface area contributed by atoms with E-state index in [4.69, 9.17) is 10.8 Å². The maximum atomic E-state index is 10.0. The second-order valence-corrected chi connectivity index (χ2v) is 1.86. The molecule has 0 rings (SSSR count). The lowest BCUT2D eigenvalue weighted by Crippen LogP contribution is -2.37. The zero-order valence-electron chi connectivity index (χ0n) is 5.07. The molecule has 2 atom stereocenters. The summed E-state index contributed by atoms with van der Waals surface area (Å²) >= 11 is 0. The van der Waals surface area contributed by atoms with Crippen molar-refractivity contribution in [2.45, 2.75) is 13.0 Å². The summed E-state index contributed by atoms with van der Waals surface area (Å²) in [6, 6.07) is -1.07. The van der Waals surface area contributed by atoms with Crippen LogP contribution in [-0.4, -0.2) is 23.4 Å². The third kappa shape index (κ3) is 2.23. The second kappa shape index (κ2) is 3.19. The summed E-state index contributed by atoms with van der Waals surface area (Å²) in [5, 5.41) is 8.20. The Balaban J connectivity index is 3.86. The highest BCUT2D eigenvalue weighted by Gasteiger charge is 2.18. The van der Waals surface area contributed by atoms with Crippen LogP contribution in [0.15, 0.2) is 0 Å². The summed E-state index contributed by atoms with van der Waals surface area (Å²) < 4.78 is 0. The summed E-state index contributed by atoms with van der Waals surface area (Å²) in [4.78, 5) is 19.9. The average molecular weight is 131 g/mol. The van der Waals surface area contributed by atoms with Crippen LogP contribution in [0.5, 0.6) is 0 Å². The van der Waals surface area contributed by atoms with E-state index in [-0.39, 0.29) is 0 Å². The van der Waals surface area contributed by atoms with E-state index in [1.54, 1.807) is 0 Å². The number of aliphatic carboxylic acids is 1. The van der Waals surface area contributed by atoms with Gasteiger partial charge in [0.15, 0.2) is 0 Å². The normalized spacial score (nSPS) is 16.2. The fourth-order valence-electron chi connectivity index (χ4n) is 0.310. The third-order valence-electron chi connectivity index (χ3n) is 1.07. The van der Waals surface area contributed by atoms with E-state index < -0.39 is 17.9 Å². The van der Waals surface area contributed by atoms with Gasteiger partial charge in [-0.05, 0) is 0 Å². The Morgan fingerprint density at radius 1 is 1.78 bits per heavy atom. The van der Waals surface area contributed by atoms with Gasteiger partial charge in [-0.25, -0.2) is 0 Å². The van der Waals surface area contributed by atoms with Crippen LogP contribution in [-0.2, 0) is 9.59 Å². The van der Waals surface area contributed by atoms with Crippen molar-refractivity contribution in [2.75, 3.05) is 0 Å². The first-order chi connectivity index (χ1) is 4.09.